The highest BCUT2D eigenvalue weighted by Gasteiger charge is 2.37. The van der Waals surface area contributed by atoms with Crippen LogP contribution < -0.4 is 0 Å². The van der Waals surface area contributed by atoms with Crippen molar-refractivity contribution in [1.82, 2.24) is 9.80 Å². The van der Waals surface area contributed by atoms with Crippen LogP contribution in [0.15, 0.2) is 0 Å². The number of urea groups is 1. The first-order valence-corrected chi connectivity index (χ1v) is 7.73. The zero-order valence-corrected chi connectivity index (χ0v) is 12.7. The van der Waals surface area contributed by atoms with Crippen molar-refractivity contribution in [2.45, 2.75) is 71.0 Å². The van der Waals surface area contributed by atoms with E-state index in [0.29, 0.717) is 19.4 Å². The Hall–Kier alpha value is -1.26. The van der Waals surface area contributed by atoms with Crippen LogP contribution in [0.2, 0.25) is 0 Å². The minimum Gasteiger partial charge on any atom is -0.481 e. The van der Waals surface area contributed by atoms with E-state index >= 15 is 0 Å². The number of hydrogen-bond donors (Lipinski definition) is 1. The lowest BCUT2D eigenvalue weighted by Crippen LogP contribution is -2.57. The molecule has 4 unspecified atom stereocenters. The van der Waals surface area contributed by atoms with Gasteiger partial charge in [-0.3, -0.25) is 4.79 Å². The minimum atomic E-state index is -0.733. The predicted molar refractivity (Wildman–Crippen MR) is 76.5 cm³/mol. The van der Waals surface area contributed by atoms with E-state index in [0.717, 1.165) is 12.8 Å². The second-order valence-electron chi connectivity index (χ2n) is 6.42. The van der Waals surface area contributed by atoms with E-state index in [1.807, 2.05) is 16.7 Å². The second kappa shape index (κ2) is 6.02. The molecule has 5 heteroatoms. The molecule has 5 nitrogen and oxygen atoms in total. The normalized spacial score (nSPS) is 35.0. The summed E-state index contributed by atoms with van der Waals surface area (Å²) in [5, 5.41) is 9.10. The van der Waals surface area contributed by atoms with Crippen molar-refractivity contribution in [2.24, 2.45) is 5.92 Å². The van der Waals surface area contributed by atoms with Crippen LogP contribution in [-0.4, -0.2) is 51.6 Å². The summed E-state index contributed by atoms with van der Waals surface area (Å²) in [7, 11) is 0. The standard InChI is InChI=1S/C15H26N2O3/c1-10-5-4-6-11(2)17(10)15(20)16-8-7-13(14(18)19)9-12(16)3/h10-13H,4-9H2,1-3H3,(H,18,19). The van der Waals surface area contributed by atoms with Crippen molar-refractivity contribution in [3.05, 3.63) is 0 Å². The average molecular weight is 282 g/mol. The molecule has 2 fully saturated rings. The Balaban J connectivity index is 2.04. The number of carbonyl (C=O) groups excluding carboxylic acids is 1. The summed E-state index contributed by atoms with van der Waals surface area (Å²) in [4.78, 5) is 27.7. The van der Waals surface area contributed by atoms with Gasteiger partial charge in [0, 0.05) is 24.7 Å². The van der Waals surface area contributed by atoms with Gasteiger partial charge >= 0.3 is 12.0 Å². The zero-order valence-electron chi connectivity index (χ0n) is 12.7. The predicted octanol–water partition coefficient (Wildman–Crippen LogP) is 2.55. The van der Waals surface area contributed by atoms with Gasteiger partial charge in [0.05, 0.1) is 5.92 Å². The summed E-state index contributed by atoms with van der Waals surface area (Å²) < 4.78 is 0. The third-order valence-corrected chi connectivity index (χ3v) is 4.89. The summed E-state index contributed by atoms with van der Waals surface area (Å²) in [6.45, 7) is 6.75. The van der Waals surface area contributed by atoms with E-state index in [2.05, 4.69) is 13.8 Å². The maximum absolute atomic E-state index is 12.8. The third kappa shape index (κ3) is 2.91. The molecule has 4 atom stereocenters. The maximum Gasteiger partial charge on any atom is 0.320 e. The van der Waals surface area contributed by atoms with E-state index in [9.17, 15) is 9.59 Å². The molecule has 1 N–H and O–H groups in total. The van der Waals surface area contributed by atoms with Crippen molar-refractivity contribution < 1.29 is 14.7 Å². The SMILES string of the molecule is CC1CC(C(=O)O)CCN1C(=O)N1C(C)CCCC1C. The number of hydrogen-bond acceptors (Lipinski definition) is 2. The Morgan fingerprint density at radius 1 is 1.00 bits per heavy atom. The summed E-state index contributed by atoms with van der Waals surface area (Å²) in [5.74, 6) is -1.03. The van der Waals surface area contributed by atoms with E-state index in [4.69, 9.17) is 5.11 Å². The molecule has 2 heterocycles. The fraction of sp³-hybridized carbons (Fsp3) is 0.867. The number of rotatable bonds is 1. The van der Waals surface area contributed by atoms with E-state index < -0.39 is 5.97 Å². The van der Waals surface area contributed by atoms with Gasteiger partial charge in [-0.15, -0.1) is 0 Å². The van der Waals surface area contributed by atoms with Crippen molar-refractivity contribution in [1.29, 1.82) is 0 Å². The zero-order chi connectivity index (χ0) is 14.9. The molecule has 2 aliphatic heterocycles. The fourth-order valence-electron chi connectivity index (χ4n) is 3.63. The second-order valence-corrected chi connectivity index (χ2v) is 6.42. The van der Waals surface area contributed by atoms with Crippen LogP contribution in [0.5, 0.6) is 0 Å². The quantitative estimate of drug-likeness (QED) is 0.804. The first kappa shape index (κ1) is 15.1. The molecule has 2 amide bonds. The Bertz CT molecular complexity index is 375. The molecular weight excluding hydrogens is 256 g/mol. The van der Waals surface area contributed by atoms with Crippen LogP contribution in [0.25, 0.3) is 0 Å². The first-order valence-electron chi connectivity index (χ1n) is 7.73. The van der Waals surface area contributed by atoms with Gasteiger partial charge in [-0.2, -0.15) is 0 Å². The highest BCUT2D eigenvalue weighted by atomic mass is 16.4. The van der Waals surface area contributed by atoms with Crippen LogP contribution in [-0.2, 0) is 4.79 Å². The molecule has 0 aromatic carbocycles. The lowest BCUT2D eigenvalue weighted by molar-refractivity contribution is -0.143. The van der Waals surface area contributed by atoms with Gasteiger partial charge in [0.25, 0.3) is 0 Å². The largest absolute Gasteiger partial charge is 0.481 e. The average Bonchev–Trinajstić information content (AvgIpc) is 2.38. The van der Waals surface area contributed by atoms with Gasteiger partial charge in [0.1, 0.15) is 0 Å². The smallest absolute Gasteiger partial charge is 0.320 e. The number of amides is 2. The monoisotopic (exact) mass is 282 g/mol. The molecule has 0 bridgehead atoms. The molecule has 0 saturated carbocycles. The minimum absolute atomic E-state index is 0.0127. The van der Waals surface area contributed by atoms with Gasteiger partial charge in [-0.1, -0.05) is 0 Å². The highest BCUT2D eigenvalue weighted by molar-refractivity contribution is 5.76. The number of piperidine rings is 2. The summed E-state index contributed by atoms with van der Waals surface area (Å²) >= 11 is 0. The number of aliphatic carboxylic acids is 1. The van der Waals surface area contributed by atoms with Crippen molar-refractivity contribution in [3.8, 4) is 0 Å². The molecule has 0 aromatic heterocycles. The number of carboxylic acid groups (broad SMARTS) is 1. The molecule has 0 radical (unpaired) electrons. The first-order chi connectivity index (χ1) is 9.41. The van der Waals surface area contributed by atoms with E-state index in [-0.39, 0.29) is 30.1 Å². The Morgan fingerprint density at radius 2 is 1.60 bits per heavy atom. The van der Waals surface area contributed by atoms with Gasteiger partial charge in [-0.05, 0) is 52.9 Å². The lowest BCUT2D eigenvalue weighted by atomic mass is 9.91. The summed E-state index contributed by atoms with van der Waals surface area (Å²) in [5.41, 5.74) is 0. The molecule has 2 rings (SSSR count). The van der Waals surface area contributed by atoms with Gasteiger partial charge in [-0.25, -0.2) is 4.79 Å². The topological polar surface area (TPSA) is 60.9 Å². The van der Waals surface area contributed by atoms with Crippen LogP contribution in [0.4, 0.5) is 4.79 Å². The lowest BCUT2D eigenvalue weighted by Gasteiger charge is -2.45. The van der Waals surface area contributed by atoms with Crippen molar-refractivity contribution in [3.63, 3.8) is 0 Å². The Morgan fingerprint density at radius 3 is 2.10 bits per heavy atom. The van der Waals surface area contributed by atoms with Gasteiger partial charge in [0.2, 0.25) is 0 Å². The van der Waals surface area contributed by atoms with Crippen molar-refractivity contribution >= 4 is 12.0 Å². The summed E-state index contributed by atoms with van der Waals surface area (Å²) in [6.07, 6.45) is 4.45. The fourth-order valence-corrected chi connectivity index (χ4v) is 3.63. The van der Waals surface area contributed by atoms with Gasteiger partial charge < -0.3 is 14.9 Å². The Labute approximate surface area is 120 Å². The van der Waals surface area contributed by atoms with Gasteiger partial charge in [0.15, 0.2) is 0 Å². The number of carbonyl (C=O) groups is 2. The highest BCUT2D eigenvalue weighted by Crippen LogP contribution is 2.28. The Kier molecular flexibility index (Phi) is 4.55. The maximum atomic E-state index is 12.8. The molecule has 2 saturated heterocycles. The van der Waals surface area contributed by atoms with Crippen LogP contribution in [0.1, 0.15) is 52.9 Å². The molecule has 0 spiro atoms. The molecule has 20 heavy (non-hydrogen) atoms. The van der Waals surface area contributed by atoms with Crippen LogP contribution in [0, 0.1) is 5.92 Å². The van der Waals surface area contributed by atoms with Crippen LogP contribution in [0.3, 0.4) is 0 Å². The number of nitrogens with zero attached hydrogens (tertiary/aromatic N) is 2. The number of carboxylic acids is 1. The molecule has 114 valence electrons. The van der Waals surface area contributed by atoms with E-state index in [1.54, 1.807) is 0 Å². The molecular formula is C15H26N2O3. The third-order valence-electron chi connectivity index (χ3n) is 4.89. The van der Waals surface area contributed by atoms with E-state index in [1.165, 1.54) is 6.42 Å². The molecule has 0 aliphatic carbocycles. The summed E-state index contributed by atoms with van der Waals surface area (Å²) in [6, 6.07) is 0.686. The molecule has 0 aromatic rings. The number of likely N-dealkylation sites (tertiary alicyclic amines) is 2. The molecule has 2 aliphatic rings. The van der Waals surface area contributed by atoms with Crippen LogP contribution >= 0.6 is 0 Å². The van der Waals surface area contributed by atoms with Crippen molar-refractivity contribution in [2.75, 3.05) is 6.54 Å².